The smallest absolute Gasteiger partial charge is 0.0878 e. The van der Waals surface area contributed by atoms with Crippen molar-refractivity contribution in [3.8, 4) is 0 Å². The van der Waals surface area contributed by atoms with Crippen molar-refractivity contribution in [1.82, 2.24) is 0 Å². The summed E-state index contributed by atoms with van der Waals surface area (Å²) in [7, 11) is 0. The Morgan fingerprint density at radius 3 is 0.467 bits per heavy atom. The van der Waals surface area contributed by atoms with Gasteiger partial charge in [0.05, 0.1) is 45.3 Å². The highest BCUT2D eigenvalue weighted by Crippen LogP contribution is 0.948. The standard InChI is InChI=1S/4ClO2.O2.H2O/c4*2-1-3;1-2;/h;;;;;1H2/q4*-1;;. The molecule has 100 valence electrons. The van der Waals surface area contributed by atoms with Crippen LogP contribution < -0.4 is 37.3 Å². The summed E-state index contributed by atoms with van der Waals surface area (Å²) in [6, 6.07) is 0. The molecule has 0 saturated carbocycles. The van der Waals surface area contributed by atoms with Crippen molar-refractivity contribution >= 4 is 0 Å². The summed E-state index contributed by atoms with van der Waals surface area (Å²) in [6.45, 7) is 0. The molecule has 0 spiro atoms. The summed E-state index contributed by atoms with van der Waals surface area (Å²) in [5, 5.41) is 0. The molecule has 0 unspecified atom stereocenters. The second kappa shape index (κ2) is 134. The molecule has 0 amide bonds. The maximum Gasteiger partial charge on any atom is 0.0878 e. The normalized spacial score (nSPS) is 5.07. The van der Waals surface area contributed by atoms with Gasteiger partial charge < -0.3 is 42.7 Å². The minimum absolute atomic E-state index is 0. The summed E-state index contributed by atoms with van der Waals surface area (Å²) < 4.78 is 65.9. The maximum absolute atomic E-state index is 8.24. The highest BCUT2D eigenvalue weighted by atomic mass is 35.6. The van der Waals surface area contributed by atoms with Crippen LogP contribution in [0.25, 0.3) is 0 Å². The van der Waals surface area contributed by atoms with Gasteiger partial charge in [-0.05, 0) is 0 Å². The van der Waals surface area contributed by atoms with E-state index in [9.17, 15) is 0 Å². The summed E-state index contributed by atoms with van der Waals surface area (Å²) >= 11 is -1.67. The topological polar surface area (TPSA) is 250 Å². The van der Waals surface area contributed by atoms with Gasteiger partial charge >= 0.3 is 0 Å². The fourth-order valence-electron chi connectivity index (χ4n) is 0. The zero-order valence-corrected chi connectivity index (χ0v) is 9.12. The molecule has 0 aromatic rings. The van der Waals surface area contributed by atoms with Gasteiger partial charge in [-0.25, -0.2) is 0 Å². The van der Waals surface area contributed by atoms with Crippen LogP contribution in [0.5, 0.6) is 0 Å². The van der Waals surface area contributed by atoms with E-state index >= 15 is 0 Å². The van der Waals surface area contributed by atoms with Crippen LogP contribution in [-0.2, 0) is 0 Å². The van der Waals surface area contributed by atoms with Gasteiger partial charge in [-0.1, -0.05) is 0 Å². The monoisotopic (exact) mass is 318 g/mol. The van der Waals surface area contributed by atoms with Gasteiger partial charge in [-0.2, -0.15) is 0 Å². The predicted molar refractivity (Wildman–Crippen MR) is 10.3 cm³/mol. The molecule has 0 rings (SSSR count). The van der Waals surface area contributed by atoms with Crippen molar-refractivity contribution in [3.05, 3.63) is 9.93 Å². The third-order valence-corrected chi connectivity index (χ3v) is 0. The van der Waals surface area contributed by atoms with Crippen molar-refractivity contribution < 1.29 is 88.0 Å². The van der Waals surface area contributed by atoms with Gasteiger partial charge in [0.2, 0.25) is 0 Å². The van der Waals surface area contributed by atoms with Crippen molar-refractivity contribution in [2.24, 2.45) is 0 Å². The predicted octanol–water partition coefficient (Wildman–Crippen LogP) is -10.3. The SMILES string of the molecule is O.O=O.[O-][Cl+][O-].[O-][Cl+][O-].[O-][Cl+][O-].[O-][Cl+][O-]. The minimum atomic E-state index is -0.417. The number of halogens is 4. The molecule has 15 heteroatoms. The summed E-state index contributed by atoms with van der Waals surface area (Å²) in [5.41, 5.74) is 0. The first kappa shape index (κ1) is 36.1. The molecular formula is H2Cl4O11-4. The lowest BCUT2D eigenvalue weighted by atomic mass is 15.3. The first-order valence-electron chi connectivity index (χ1n) is 1.40. The highest BCUT2D eigenvalue weighted by molar-refractivity contribution is 4.07. The van der Waals surface area contributed by atoms with Crippen LogP contribution in [0, 0.1) is 55.2 Å². The summed E-state index contributed by atoms with van der Waals surface area (Å²) in [6.07, 6.45) is 0. The van der Waals surface area contributed by atoms with Crippen molar-refractivity contribution in [3.63, 3.8) is 0 Å². The Morgan fingerprint density at radius 1 is 0.467 bits per heavy atom. The molecule has 0 aliphatic carbocycles. The second-order valence-corrected chi connectivity index (χ2v) is 0.756. The average molecular weight is 320 g/mol. The molecule has 0 radical (unpaired) electrons. The van der Waals surface area contributed by atoms with Gasteiger partial charge in [0.1, 0.15) is 0 Å². The Hall–Kier alpha value is 0.400. The fourth-order valence-corrected chi connectivity index (χ4v) is 0. The first-order chi connectivity index (χ1) is 6.66. The van der Waals surface area contributed by atoms with E-state index in [0.29, 0.717) is 0 Å². The third-order valence-electron chi connectivity index (χ3n) is 0. The zero-order chi connectivity index (χ0) is 12.8. The van der Waals surface area contributed by atoms with Crippen molar-refractivity contribution in [1.29, 1.82) is 0 Å². The van der Waals surface area contributed by atoms with Gasteiger partial charge in [0, 0.05) is 9.93 Å². The van der Waals surface area contributed by atoms with Crippen LogP contribution in [0.15, 0.2) is 0 Å². The molecule has 11 nitrogen and oxygen atoms in total. The molecular weight excluding hydrogens is 318 g/mol. The number of hydrogen-bond acceptors (Lipinski definition) is 10. The fraction of sp³-hybridized carbons (Fsp3) is 0. The third kappa shape index (κ3) is 13800. The molecule has 0 fully saturated rings. The van der Waals surface area contributed by atoms with Crippen molar-refractivity contribution in [2.75, 3.05) is 0 Å². The largest absolute Gasteiger partial charge is 0.544 e. The van der Waals surface area contributed by atoms with E-state index in [1.165, 1.54) is 0 Å². The maximum atomic E-state index is 8.24. The molecule has 15 heavy (non-hydrogen) atoms. The zero-order valence-electron chi connectivity index (χ0n) is 6.09. The van der Waals surface area contributed by atoms with Crippen molar-refractivity contribution in [2.45, 2.75) is 0 Å². The molecule has 0 aliphatic rings. The molecule has 0 saturated heterocycles. The van der Waals surface area contributed by atoms with Crippen LogP contribution >= 0.6 is 0 Å². The van der Waals surface area contributed by atoms with Crippen LogP contribution in [0.4, 0.5) is 0 Å². The number of hydrogen-bond donors (Lipinski definition) is 0. The minimum Gasteiger partial charge on any atom is -0.544 e. The van der Waals surface area contributed by atoms with E-state index in [0.717, 1.165) is 0 Å². The van der Waals surface area contributed by atoms with Crippen LogP contribution in [-0.4, -0.2) is 5.48 Å². The van der Waals surface area contributed by atoms with E-state index < -0.39 is 45.3 Å². The van der Waals surface area contributed by atoms with Crippen LogP contribution in [0.2, 0.25) is 0 Å². The molecule has 0 heterocycles. The second-order valence-electron chi connectivity index (χ2n) is 0.252. The van der Waals surface area contributed by atoms with Gasteiger partial charge in [0.15, 0.2) is 0 Å². The molecule has 0 aromatic heterocycles. The molecule has 0 aromatic carbocycles. The Kier molecular flexibility index (Phi) is 322. The lowest BCUT2D eigenvalue weighted by Gasteiger charge is -1.68. The van der Waals surface area contributed by atoms with Crippen LogP contribution in [0.3, 0.4) is 0 Å². The average Bonchev–Trinajstić information content (AvgIpc) is 2.12. The first-order valence-corrected chi connectivity index (χ1v) is 3.87. The van der Waals surface area contributed by atoms with E-state index in [1.54, 1.807) is 0 Å². The van der Waals surface area contributed by atoms with E-state index in [1.807, 2.05) is 0 Å². The molecule has 0 bridgehead atoms. The molecule has 0 aliphatic heterocycles. The van der Waals surface area contributed by atoms with Crippen LogP contribution in [0.1, 0.15) is 0 Å². The Morgan fingerprint density at radius 2 is 0.467 bits per heavy atom. The number of rotatable bonds is 0. The lowest BCUT2D eigenvalue weighted by Crippen LogP contribution is -2.13. The lowest BCUT2D eigenvalue weighted by molar-refractivity contribution is -1.41. The van der Waals surface area contributed by atoms with Gasteiger partial charge in [-0.15, -0.1) is 0 Å². The molecule has 2 N–H and O–H groups in total. The Bertz CT molecular complexity index is 27.8. The van der Waals surface area contributed by atoms with E-state index in [4.69, 9.17) is 47.2 Å². The summed E-state index contributed by atoms with van der Waals surface area (Å²) in [4.78, 5) is 14.0. The highest BCUT2D eigenvalue weighted by Gasteiger charge is 1.23. The van der Waals surface area contributed by atoms with E-state index in [-0.39, 0.29) is 5.48 Å². The summed E-state index contributed by atoms with van der Waals surface area (Å²) in [5.74, 6) is 0. The van der Waals surface area contributed by atoms with Gasteiger partial charge in [0.25, 0.3) is 0 Å². The van der Waals surface area contributed by atoms with E-state index in [2.05, 4.69) is 0 Å². The Balaban J connectivity index is -0.0000000167. The Labute approximate surface area is 98.4 Å². The molecule has 0 atom stereocenters. The quantitative estimate of drug-likeness (QED) is 0.407. The van der Waals surface area contributed by atoms with Gasteiger partial charge in [-0.3, -0.25) is 0 Å².